The highest BCUT2D eigenvalue weighted by Gasteiger charge is 2.14. The zero-order valence-corrected chi connectivity index (χ0v) is 13.2. The minimum Gasteiger partial charge on any atom is -0.373 e. The molecule has 1 heterocycles. The maximum absolute atomic E-state index is 4.59. The lowest BCUT2D eigenvalue weighted by molar-refractivity contribution is 0.590. The quantitative estimate of drug-likeness (QED) is 0.892. The lowest BCUT2D eigenvalue weighted by atomic mass is 9.86. The molecule has 1 aromatic heterocycles. The Morgan fingerprint density at radius 1 is 0.950 bits per heavy atom. The zero-order chi connectivity index (χ0) is 14.9. The Bertz CT molecular complexity index is 607. The number of nitrogens with zero attached hydrogens (tertiary/aromatic N) is 2. The molecule has 0 amide bonds. The van der Waals surface area contributed by atoms with E-state index in [0.29, 0.717) is 0 Å². The van der Waals surface area contributed by atoms with E-state index in [1.54, 1.807) is 0 Å². The van der Waals surface area contributed by atoms with Crippen molar-refractivity contribution in [2.75, 3.05) is 12.4 Å². The van der Waals surface area contributed by atoms with Crippen molar-refractivity contribution < 1.29 is 0 Å². The first-order valence-corrected chi connectivity index (χ1v) is 6.97. The van der Waals surface area contributed by atoms with Crippen molar-refractivity contribution in [3.8, 4) is 11.4 Å². The summed E-state index contributed by atoms with van der Waals surface area (Å²) in [6, 6.07) is 8.52. The maximum atomic E-state index is 4.59. The fourth-order valence-electron chi connectivity index (χ4n) is 2.12. The van der Waals surface area contributed by atoms with Gasteiger partial charge in [0.25, 0.3) is 0 Å². The molecule has 2 rings (SSSR count). The summed E-state index contributed by atoms with van der Waals surface area (Å²) < 4.78 is 0. The van der Waals surface area contributed by atoms with Gasteiger partial charge in [-0.2, -0.15) is 0 Å². The second kappa shape index (κ2) is 5.23. The second-order valence-corrected chi connectivity index (χ2v) is 6.18. The van der Waals surface area contributed by atoms with Crippen LogP contribution in [0.25, 0.3) is 11.4 Å². The summed E-state index contributed by atoms with van der Waals surface area (Å²) in [5.41, 5.74) is 4.65. The molecule has 0 aliphatic heterocycles. The van der Waals surface area contributed by atoms with Gasteiger partial charge in [0.05, 0.1) is 0 Å². The van der Waals surface area contributed by atoms with Crippen molar-refractivity contribution in [2.45, 2.75) is 40.0 Å². The third-order valence-corrected chi connectivity index (χ3v) is 3.64. The van der Waals surface area contributed by atoms with Crippen molar-refractivity contribution >= 4 is 5.82 Å². The van der Waals surface area contributed by atoms with Crippen molar-refractivity contribution in [1.82, 2.24) is 9.97 Å². The minimum absolute atomic E-state index is 0.165. The molecule has 0 aliphatic carbocycles. The van der Waals surface area contributed by atoms with Crippen LogP contribution in [-0.4, -0.2) is 17.0 Å². The van der Waals surface area contributed by atoms with Gasteiger partial charge in [-0.25, -0.2) is 9.97 Å². The second-order valence-electron chi connectivity index (χ2n) is 6.18. The van der Waals surface area contributed by atoms with Crippen LogP contribution >= 0.6 is 0 Å². The number of anilines is 1. The number of aromatic nitrogens is 2. The molecule has 0 radical (unpaired) electrons. The Morgan fingerprint density at radius 2 is 1.55 bits per heavy atom. The van der Waals surface area contributed by atoms with Gasteiger partial charge in [-0.15, -0.1) is 0 Å². The molecule has 0 saturated heterocycles. The Labute approximate surface area is 121 Å². The van der Waals surface area contributed by atoms with E-state index in [0.717, 1.165) is 28.5 Å². The predicted molar refractivity (Wildman–Crippen MR) is 85.2 cm³/mol. The van der Waals surface area contributed by atoms with Crippen LogP contribution in [0.15, 0.2) is 24.3 Å². The minimum atomic E-state index is 0.165. The van der Waals surface area contributed by atoms with Gasteiger partial charge in [0.2, 0.25) is 0 Å². The van der Waals surface area contributed by atoms with Gasteiger partial charge >= 0.3 is 0 Å². The number of hydrogen-bond acceptors (Lipinski definition) is 3. The van der Waals surface area contributed by atoms with E-state index in [2.05, 4.69) is 60.3 Å². The van der Waals surface area contributed by atoms with E-state index in [1.807, 2.05) is 20.9 Å². The van der Waals surface area contributed by atoms with Crippen molar-refractivity contribution in [1.29, 1.82) is 0 Å². The van der Waals surface area contributed by atoms with Gasteiger partial charge in [0.15, 0.2) is 5.82 Å². The molecule has 106 valence electrons. The molecule has 0 spiro atoms. The molecule has 0 unspecified atom stereocenters. The van der Waals surface area contributed by atoms with E-state index >= 15 is 0 Å². The molecule has 0 saturated carbocycles. The largest absolute Gasteiger partial charge is 0.373 e. The molecule has 0 aliphatic rings. The van der Waals surface area contributed by atoms with E-state index in [4.69, 9.17) is 0 Å². The molecule has 0 bridgehead atoms. The monoisotopic (exact) mass is 269 g/mol. The predicted octanol–water partition coefficient (Wildman–Crippen LogP) is 4.10. The summed E-state index contributed by atoms with van der Waals surface area (Å²) in [6.07, 6.45) is 0. The summed E-state index contributed by atoms with van der Waals surface area (Å²) in [5.74, 6) is 1.67. The van der Waals surface area contributed by atoms with Gasteiger partial charge < -0.3 is 5.32 Å². The normalized spacial score (nSPS) is 11.5. The fraction of sp³-hybridized carbons (Fsp3) is 0.412. The first kappa shape index (κ1) is 14.5. The van der Waals surface area contributed by atoms with Crippen LogP contribution in [0.4, 0.5) is 5.82 Å². The van der Waals surface area contributed by atoms with Crippen LogP contribution in [0.3, 0.4) is 0 Å². The number of rotatable bonds is 2. The number of benzene rings is 1. The van der Waals surface area contributed by atoms with Gasteiger partial charge in [-0.3, -0.25) is 0 Å². The van der Waals surface area contributed by atoms with Crippen LogP contribution in [0, 0.1) is 13.8 Å². The third kappa shape index (κ3) is 2.82. The Kier molecular flexibility index (Phi) is 3.80. The van der Waals surface area contributed by atoms with Crippen molar-refractivity contribution in [2.24, 2.45) is 0 Å². The van der Waals surface area contributed by atoms with Gasteiger partial charge in [-0.05, 0) is 24.8 Å². The van der Waals surface area contributed by atoms with Crippen LogP contribution < -0.4 is 5.32 Å². The Balaban J connectivity index is 2.44. The van der Waals surface area contributed by atoms with Crippen molar-refractivity contribution in [3.05, 3.63) is 41.1 Å². The van der Waals surface area contributed by atoms with Crippen LogP contribution in [-0.2, 0) is 5.41 Å². The molecule has 0 atom stereocenters. The summed E-state index contributed by atoms with van der Waals surface area (Å²) in [4.78, 5) is 9.18. The molecule has 3 nitrogen and oxygen atoms in total. The Hall–Kier alpha value is -1.90. The SMILES string of the molecule is CNc1nc(-c2ccc(C(C)(C)C)cc2)nc(C)c1C. The highest BCUT2D eigenvalue weighted by molar-refractivity contribution is 5.60. The lowest BCUT2D eigenvalue weighted by Gasteiger charge is -2.19. The first-order valence-electron chi connectivity index (χ1n) is 6.97. The maximum Gasteiger partial charge on any atom is 0.161 e. The topological polar surface area (TPSA) is 37.8 Å². The molecule has 3 heteroatoms. The van der Waals surface area contributed by atoms with Gasteiger partial charge in [0, 0.05) is 23.9 Å². The molecule has 1 N–H and O–H groups in total. The van der Waals surface area contributed by atoms with Crippen molar-refractivity contribution in [3.63, 3.8) is 0 Å². The van der Waals surface area contributed by atoms with Crippen LogP contribution in [0.5, 0.6) is 0 Å². The van der Waals surface area contributed by atoms with Crippen LogP contribution in [0.2, 0.25) is 0 Å². The first-order chi connectivity index (χ1) is 9.32. The molecule has 2 aromatic rings. The molecular weight excluding hydrogens is 246 g/mol. The van der Waals surface area contributed by atoms with Crippen LogP contribution in [0.1, 0.15) is 37.6 Å². The Morgan fingerprint density at radius 3 is 2.05 bits per heavy atom. The van der Waals surface area contributed by atoms with E-state index in [1.165, 1.54) is 5.56 Å². The summed E-state index contributed by atoms with van der Waals surface area (Å²) in [7, 11) is 1.89. The van der Waals surface area contributed by atoms with E-state index < -0.39 is 0 Å². The summed E-state index contributed by atoms with van der Waals surface area (Å²) in [6.45, 7) is 10.7. The number of hydrogen-bond donors (Lipinski definition) is 1. The summed E-state index contributed by atoms with van der Waals surface area (Å²) >= 11 is 0. The average molecular weight is 269 g/mol. The van der Waals surface area contributed by atoms with Gasteiger partial charge in [-0.1, -0.05) is 45.0 Å². The molecule has 0 fully saturated rings. The lowest BCUT2D eigenvalue weighted by Crippen LogP contribution is -2.10. The molecule has 1 aromatic carbocycles. The van der Waals surface area contributed by atoms with E-state index in [9.17, 15) is 0 Å². The van der Waals surface area contributed by atoms with Gasteiger partial charge in [0.1, 0.15) is 5.82 Å². The number of nitrogens with one attached hydrogen (secondary N) is 1. The smallest absolute Gasteiger partial charge is 0.161 e. The summed E-state index contributed by atoms with van der Waals surface area (Å²) in [5, 5.41) is 3.13. The highest BCUT2D eigenvalue weighted by Crippen LogP contribution is 2.26. The standard InChI is InChI=1S/C17H23N3/c1-11-12(2)19-16(20-15(11)18-6)13-7-9-14(10-8-13)17(3,4)5/h7-10H,1-6H3,(H,18,19,20). The molecule has 20 heavy (non-hydrogen) atoms. The zero-order valence-electron chi connectivity index (χ0n) is 13.2. The third-order valence-electron chi connectivity index (χ3n) is 3.64. The van der Waals surface area contributed by atoms with E-state index in [-0.39, 0.29) is 5.41 Å². The highest BCUT2D eigenvalue weighted by atomic mass is 15.0. The molecular formula is C17H23N3. The number of aryl methyl sites for hydroxylation is 1. The fourth-order valence-corrected chi connectivity index (χ4v) is 2.12. The average Bonchev–Trinajstić information content (AvgIpc) is 2.41.